The number of rotatable bonds is 7. The zero-order valence-corrected chi connectivity index (χ0v) is 29.7. The molecule has 262 valence electrons. The van der Waals surface area contributed by atoms with Gasteiger partial charge < -0.3 is 9.47 Å². The third-order valence-corrected chi connectivity index (χ3v) is 8.97. The first kappa shape index (κ1) is 34.0. The summed E-state index contributed by atoms with van der Waals surface area (Å²) in [6.07, 6.45) is 19.4. The van der Waals surface area contributed by atoms with E-state index in [0.29, 0.717) is 23.6 Å². The number of carbonyl (C=O) groups is 2. The zero-order chi connectivity index (χ0) is 37.0. The zero-order valence-electron chi connectivity index (χ0n) is 29.7. The molecule has 0 atom stereocenters. The van der Waals surface area contributed by atoms with Crippen LogP contribution in [0.25, 0.3) is 66.9 Å². The first-order valence-corrected chi connectivity index (χ1v) is 17.7. The molecule has 2 aromatic heterocycles. The van der Waals surface area contributed by atoms with Crippen LogP contribution in [0.15, 0.2) is 151 Å². The second-order valence-corrected chi connectivity index (χ2v) is 12.9. The van der Waals surface area contributed by atoms with Crippen LogP contribution in [0.2, 0.25) is 0 Å². The first-order chi connectivity index (χ1) is 26.4. The number of carbonyl (C=O) groups excluding carboxylic acids is 2. The molecule has 0 amide bonds. The quantitative estimate of drug-likeness (QED) is 0.119. The Morgan fingerprint density at radius 1 is 0.519 bits per heavy atom. The number of aromatic nitrogens is 4. The molecule has 0 fully saturated rings. The predicted molar refractivity (Wildman–Crippen MR) is 213 cm³/mol. The lowest BCUT2D eigenvalue weighted by Crippen LogP contribution is -2.01. The van der Waals surface area contributed by atoms with Gasteiger partial charge in [0, 0.05) is 42.5 Å². The molecule has 8 rings (SSSR count). The van der Waals surface area contributed by atoms with E-state index in [9.17, 15) is 9.59 Å². The standard InChI is InChI=1S/C46H34N4O4/c1-29(51)53-37-16-10-15-33(17-22-37)45-43(31-11-6-3-4-7-12-31)47-39-25-20-35(27-41(39)49-45)36-21-26-40-42(28-36)50-46(44(48-40)32-13-8-5-9-14-32)34-18-23-38(24-19-34)54-30(2)52/h3,5-15,17-28H,4,16H2,1-2H3. The Kier molecular flexibility index (Phi) is 9.39. The van der Waals surface area contributed by atoms with E-state index in [1.807, 2.05) is 91.0 Å². The Morgan fingerprint density at radius 3 is 1.74 bits per heavy atom. The second-order valence-electron chi connectivity index (χ2n) is 12.9. The summed E-state index contributed by atoms with van der Waals surface area (Å²) in [4.78, 5) is 43.8. The summed E-state index contributed by atoms with van der Waals surface area (Å²) in [6.45, 7) is 2.78. The van der Waals surface area contributed by atoms with Gasteiger partial charge in [0.25, 0.3) is 0 Å². The SMILES string of the molecule is CC(=O)OC1=CC=C(c2nc3cc(-c4ccc5nc(-c6ccccc6)c(-c6ccc(OC(C)=O)cc6)nc5c4)ccc3nc2C2=CC=CCC=C2)C=CC1. The van der Waals surface area contributed by atoms with Crippen LogP contribution in [0, 0.1) is 0 Å². The van der Waals surface area contributed by atoms with Crippen molar-refractivity contribution in [1.29, 1.82) is 0 Å². The maximum atomic E-state index is 11.7. The van der Waals surface area contributed by atoms with Crippen molar-refractivity contribution in [3.63, 3.8) is 0 Å². The van der Waals surface area contributed by atoms with Gasteiger partial charge in [-0.25, -0.2) is 19.9 Å². The molecule has 2 aliphatic rings. The first-order valence-electron chi connectivity index (χ1n) is 17.7. The van der Waals surface area contributed by atoms with Gasteiger partial charge in [-0.1, -0.05) is 85.0 Å². The van der Waals surface area contributed by atoms with Gasteiger partial charge in [-0.2, -0.15) is 0 Å². The lowest BCUT2D eigenvalue weighted by atomic mass is 10.0. The summed E-state index contributed by atoms with van der Waals surface area (Å²) in [5, 5.41) is 0. The molecule has 0 spiro atoms. The number of hydrogen-bond donors (Lipinski definition) is 0. The molecular formula is C46H34N4O4. The van der Waals surface area contributed by atoms with Gasteiger partial charge >= 0.3 is 11.9 Å². The number of esters is 2. The molecule has 6 aromatic rings. The Morgan fingerprint density at radius 2 is 1.07 bits per heavy atom. The van der Waals surface area contributed by atoms with Crippen molar-refractivity contribution in [2.24, 2.45) is 0 Å². The van der Waals surface area contributed by atoms with Gasteiger partial charge in [0.15, 0.2) is 0 Å². The van der Waals surface area contributed by atoms with Crippen LogP contribution >= 0.6 is 0 Å². The number of hydrogen-bond acceptors (Lipinski definition) is 8. The summed E-state index contributed by atoms with van der Waals surface area (Å²) in [5.41, 5.74) is 11.5. The molecule has 2 aliphatic carbocycles. The predicted octanol–water partition coefficient (Wildman–Crippen LogP) is 10.2. The van der Waals surface area contributed by atoms with E-state index >= 15 is 0 Å². The third-order valence-electron chi connectivity index (χ3n) is 8.97. The van der Waals surface area contributed by atoms with Crippen molar-refractivity contribution in [2.75, 3.05) is 0 Å². The highest BCUT2D eigenvalue weighted by molar-refractivity contribution is 5.93. The molecule has 8 nitrogen and oxygen atoms in total. The minimum atomic E-state index is -0.376. The highest BCUT2D eigenvalue weighted by Gasteiger charge is 2.18. The van der Waals surface area contributed by atoms with Crippen molar-refractivity contribution in [2.45, 2.75) is 26.7 Å². The van der Waals surface area contributed by atoms with Crippen molar-refractivity contribution in [3.05, 3.63) is 163 Å². The highest BCUT2D eigenvalue weighted by Crippen LogP contribution is 2.35. The second kappa shape index (κ2) is 14.9. The molecule has 0 saturated carbocycles. The lowest BCUT2D eigenvalue weighted by Gasteiger charge is -2.13. The number of fused-ring (bicyclic) bond motifs is 2. The Hall–Kier alpha value is -7.06. The molecule has 0 saturated heterocycles. The maximum Gasteiger partial charge on any atom is 0.308 e. The molecule has 0 N–H and O–H groups in total. The van der Waals surface area contributed by atoms with Crippen LogP contribution in [0.1, 0.15) is 38.1 Å². The van der Waals surface area contributed by atoms with Gasteiger partial charge in [-0.15, -0.1) is 0 Å². The Labute approximate surface area is 312 Å². The molecule has 4 aromatic carbocycles. The summed E-state index contributed by atoms with van der Waals surface area (Å²) < 4.78 is 10.7. The monoisotopic (exact) mass is 706 g/mol. The molecule has 0 unspecified atom stereocenters. The van der Waals surface area contributed by atoms with Crippen LogP contribution in [0.3, 0.4) is 0 Å². The van der Waals surface area contributed by atoms with E-state index in [1.54, 1.807) is 12.1 Å². The number of ether oxygens (including phenoxy) is 2. The molecule has 0 radical (unpaired) electrons. The van der Waals surface area contributed by atoms with Gasteiger partial charge in [-0.05, 0) is 78.2 Å². The number of allylic oxidation sites excluding steroid dienone is 11. The normalized spacial score (nSPS) is 13.9. The summed E-state index contributed by atoms with van der Waals surface area (Å²) in [5.74, 6) is 0.305. The number of nitrogens with zero attached hydrogens (tertiary/aromatic N) is 4. The number of benzene rings is 4. The van der Waals surface area contributed by atoms with Crippen LogP contribution in [0.5, 0.6) is 5.75 Å². The fraction of sp³-hybridized carbons (Fsp3) is 0.0870. The van der Waals surface area contributed by atoms with Crippen molar-refractivity contribution in [1.82, 2.24) is 19.9 Å². The average molecular weight is 707 g/mol. The van der Waals surface area contributed by atoms with E-state index in [0.717, 1.165) is 79.0 Å². The summed E-state index contributed by atoms with van der Waals surface area (Å²) in [6, 6.07) is 29.5. The topological polar surface area (TPSA) is 104 Å². The Bertz CT molecular complexity index is 2650. The molecular weight excluding hydrogens is 673 g/mol. The molecule has 2 heterocycles. The molecule has 8 heteroatoms. The van der Waals surface area contributed by atoms with Crippen LogP contribution in [-0.4, -0.2) is 31.9 Å². The van der Waals surface area contributed by atoms with E-state index in [2.05, 4.69) is 42.5 Å². The van der Waals surface area contributed by atoms with Crippen LogP contribution in [0.4, 0.5) is 0 Å². The summed E-state index contributed by atoms with van der Waals surface area (Å²) >= 11 is 0. The average Bonchev–Trinajstić information content (AvgIpc) is 3.60. The Balaban J connectivity index is 1.23. The molecule has 0 bridgehead atoms. The molecule has 0 aliphatic heterocycles. The van der Waals surface area contributed by atoms with E-state index in [1.165, 1.54) is 13.8 Å². The van der Waals surface area contributed by atoms with Gasteiger partial charge in [-0.3, -0.25) is 9.59 Å². The van der Waals surface area contributed by atoms with Gasteiger partial charge in [0.2, 0.25) is 0 Å². The van der Waals surface area contributed by atoms with Gasteiger partial charge in [0.1, 0.15) is 11.5 Å². The van der Waals surface area contributed by atoms with Crippen LogP contribution in [-0.2, 0) is 14.3 Å². The maximum absolute atomic E-state index is 11.7. The highest BCUT2D eigenvalue weighted by atomic mass is 16.5. The van der Waals surface area contributed by atoms with Crippen molar-refractivity contribution >= 4 is 45.2 Å². The fourth-order valence-corrected chi connectivity index (χ4v) is 6.48. The third kappa shape index (κ3) is 7.31. The largest absolute Gasteiger partial charge is 0.431 e. The molecule has 54 heavy (non-hydrogen) atoms. The summed E-state index contributed by atoms with van der Waals surface area (Å²) in [7, 11) is 0. The van der Waals surface area contributed by atoms with E-state index in [4.69, 9.17) is 29.4 Å². The minimum absolute atomic E-state index is 0.354. The smallest absolute Gasteiger partial charge is 0.308 e. The van der Waals surface area contributed by atoms with E-state index in [-0.39, 0.29) is 11.9 Å². The fourth-order valence-electron chi connectivity index (χ4n) is 6.48. The van der Waals surface area contributed by atoms with Gasteiger partial charge in [0.05, 0.1) is 44.8 Å². The minimum Gasteiger partial charge on any atom is -0.431 e. The van der Waals surface area contributed by atoms with Crippen molar-refractivity contribution < 1.29 is 19.1 Å². The van der Waals surface area contributed by atoms with Crippen LogP contribution < -0.4 is 4.74 Å². The van der Waals surface area contributed by atoms with Crippen molar-refractivity contribution in [3.8, 4) is 39.4 Å². The lowest BCUT2D eigenvalue weighted by molar-refractivity contribution is -0.137. The van der Waals surface area contributed by atoms with E-state index < -0.39 is 0 Å².